The number of carboxylic acids is 1. The number of benzene rings is 2. The van der Waals surface area contributed by atoms with Crippen LogP contribution < -0.4 is 5.32 Å². The molecule has 0 fully saturated rings. The normalized spacial score (nSPS) is 10.7. The van der Waals surface area contributed by atoms with E-state index in [-0.39, 0.29) is 27.3 Å². The molecule has 0 aliphatic carbocycles. The van der Waals surface area contributed by atoms with Crippen LogP contribution >= 0.6 is 11.3 Å². The van der Waals surface area contributed by atoms with Crippen molar-refractivity contribution in [1.29, 1.82) is 0 Å². The summed E-state index contributed by atoms with van der Waals surface area (Å²) in [7, 11) is 0. The number of aromatic carboxylic acids is 1. The second kappa shape index (κ2) is 7.28. The van der Waals surface area contributed by atoms with Crippen LogP contribution in [0.2, 0.25) is 0 Å². The van der Waals surface area contributed by atoms with Crippen molar-refractivity contribution in [1.82, 2.24) is 0 Å². The lowest BCUT2D eigenvalue weighted by Gasteiger charge is -2.09. The predicted molar refractivity (Wildman–Crippen MR) is 99.1 cm³/mol. The van der Waals surface area contributed by atoms with E-state index in [4.69, 9.17) is 0 Å². The van der Waals surface area contributed by atoms with Gasteiger partial charge in [-0.15, -0.1) is 11.3 Å². The second-order valence-electron chi connectivity index (χ2n) is 5.84. The number of phenols is 2. The molecule has 0 bridgehead atoms. The van der Waals surface area contributed by atoms with Gasteiger partial charge in [-0.05, 0) is 24.6 Å². The number of nitrogens with one attached hydrogen (secondary N) is 1. The first kappa shape index (κ1) is 19.3. The minimum absolute atomic E-state index is 0.0706. The molecule has 3 rings (SSSR count). The zero-order chi connectivity index (χ0) is 20.6. The average Bonchev–Trinajstić information content (AvgIpc) is 3.05. The molecule has 6 nitrogen and oxygen atoms in total. The molecule has 0 atom stereocenters. The number of rotatable bonds is 4. The summed E-state index contributed by atoms with van der Waals surface area (Å²) in [5.74, 6) is -5.79. The number of carboxylic acid groups (broad SMARTS) is 1. The van der Waals surface area contributed by atoms with Crippen LogP contribution in [0.3, 0.4) is 0 Å². The lowest BCUT2D eigenvalue weighted by molar-refractivity contribution is 0.0699. The van der Waals surface area contributed by atoms with E-state index < -0.39 is 40.6 Å². The summed E-state index contributed by atoms with van der Waals surface area (Å²) < 4.78 is 28.2. The molecule has 0 aliphatic heterocycles. The number of aryl methyl sites for hydroxylation is 1. The fraction of sp³-hybridized carbons (Fsp3) is 0.0526. The second-order valence-corrected chi connectivity index (χ2v) is 6.72. The van der Waals surface area contributed by atoms with Gasteiger partial charge in [-0.2, -0.15) is 0 Å². The van der Waals surface area contributed by atoms with Gasteiger partial charge in [0.05, 0.1) is 5.56 Å². The largest absolute Gasteiger partial charge is 0.504 e. The van der Waals surface area contributed by atoms with Crippen molar-refractivity contribution in [2.24, 2.45) is 0 Å². The fourth-order valence-electron chi connectivity index (χ4n) is 2.60. The van der Waals surface area contributed by atoms with Crippen LogP contribution in [-0.2, 0) is 0 Å². The number of halogens is 2. The van der Waals surface area contributed by atoms with E-state index in [1.807, 2.05) is 0 Å². The maximum Gasteiger partial charge on any atom is 0.339 e. The Kier molecular flexibility index (Phi) is 5.02. The lowest BCUT2D eigenvalue weighted by Crippen LogP contribution is -2.13. The van der Waals surface area contributed by atoms with Gasteiger partial charge in [0.2, 0.25) is 0 Å². The van der Waals surface area contributed by atoms with E-state index in [0.717, 1.165) is 11.3 Å². The number of amides is 1. The first-order chi connectivity index (χ1) is 13.2. The van der Waals surface area contributed by atoms with Crippen molar-refractivity contribution >= 4 is 28.2 Å². The number of anilines is 1. The molecule has 0 aliphatic rings. The Balaban J connectivity index is 2.05. The monoisotopic (exact) mass is 405 g/mol. The Bertz CT molecular complexity index is 1110. The van der Waals surface area contributed by atoms with Crippen LogP contribution in [0.15, 0.2) is 35.7 Å². The van der Waals surface area contributed by atoms with Gasteiger partial charge >= 0.3 is 5.97 Å². The topological polar surface area (TPSA) is 107 Å². The fourth-order valence-corrected chi connectivity index (χ4v) is 3.55. The van der Waals surface area contributed by atoms with Crippen LogP contribution in [0.1, 0.15) is 26.3 Å². The minimum atomic E-state index is -1.45. The Morgan fingerprint density at radius 1 is 1.04 bits per heavy atom. The van der Waals surface area contributed by atoms with E-state index in [0.29, 0.717) is 0 Å². The number of aromatic hydroxyl groups is 2. The summed E-state index contributed by atoms with van der Waals surface area (Å²) in [4.78, 5) is 24.1. The molecule has 0 saturated carbocycles. The predicted octanol–water partition coefficient (Wildman–Crippen LogP) is 4.36. The van der Waals surface area contributed by atoms with Crippen molar-refractivity contribution in [2.75, 3.05) is 5.32 Å². The standard InChI is InChI=1S/C19H13F2NO5S/c1-8-5-6-9(15(21)14(8)20)11-7-28-18(13(11)19(26)27)22-17(25)10-3-2-4-12(23)16(10)24/h2-7,23-24H,1H3,(H,22,25)(H,26,27). The summed E-state index contributed by atoms with van der Waals surface area (Å²) in [6.45, 7) is 1.38. The van der Waals surface area contributed by atoms with Gasteiger partial charge < -0.3 is 20.6 Å². The molecule has 1 aromatic heterocycles. The van der Waals surface area contributed by atoms with E-state index in [1.54, 1.807) is 0 Å². The minimum Gasteiger partial charge on any atom is -0.504 e. The molecule has 2 aromatic carbocycles. The maximum atomic E-state index is 14.3. The van der Waals surface area contributed by atoms with Crippen molar-refractivity contribution in [2.45, 2.75) is 6.92 Å². The van der Waals surface area contributed by atoms with Crippen molar-refractivity contribution in [3.63, 3.8) is 0 Å². The Hall–Kier alpha value is -3.46. The zero-order valence-electron chi connectivity index (χ0n) is 14.3. The molecule has 3 aromatic rings. The number of carbonyl (C=O) groups excluding carboxylic acids is 1. The maximum absolute atomic E-state index is 14.3. The van der Waals surface area contributed by atoms with E-state index in [1.165, 1.54) is 42.6 Å². The molecule has 0 spiro atoms. The molecule has 1 heterocycles. The molecule has 0 radical (unpaired) electrons. The average molecular weight is 405 g/mol. The van der Waals surface area contributed by atoms with Gasteiger partial charge in [0.1, 0.15) is 10.6 Å². The Morgan fingerprint density at radius 3 is 2.43 bits per heavy atom. The first-order valence-corrected chi connectivity index (χ1v) is 8.72. The number of phenolic OH excluding ortho intramolecular Hbond substituents is 2. The molecular weight excluding hydrogens is 392 g/mol. The first-order valence-electron chi connectivity index (χ1n) is 7.84. The van der Waals surface area contributed by atoms with Crippen molar-refractivity contribution < 1.29 is 33.7 Å². The summed E-state index contributed by atoms with van der Waals surface area (Å²) in [6, 6.07) is 6.31. The summed E-state index contributed by atoms with van der Waals surface area (Å²) >= 11 is 0.805. The molecular formula is C19H13F2NO5S. The molecule has 144 valence electrons. The Morgan fingerprint density at radius 2 is 1.75 bits per heavy atom. The van der Waals surface area contributed by atoms with E-state index in [2.05, 4.69) is 5.32 Å². The summed E-state index contributed by atoms with van der Waals surface area (Å²) in [5, 5.41) is 32.3. The van der Waals surface area contributed by atoms with Crippen molar-refractivity contribution in [3.05, 3.63) is 64.0 Å². The summed E-state index contributed by atoms with van der Waals surface area (Å²) in [6.07, 6.45) is 0. The molecule has 9 heteroatoms. The van der Waals surface area contributed by atoms with Crippen LogP contribution in [0, 0.1) is 18.6 Å². The van der Waals surface area contributed by atoms with Gasteiger partial charge in [0, 0.05) is 16.5 Å². The third-order valence-electron chi connectivity index (χ3n) is 4.06. The number of hydrogen-bond acceptors (Lipinski definition) is 5. The molecule has 1 amide bonds. The van der Waals surface area contributed by atoms with E-state index in [9.17, 15) is 33.7 Å². The van der Waals surface area contributed by atoms with Crippen LogP contribution in [0.5, 0.6) is 11.5 Å². The number of thiophene rings is 1. The van der Waals surface area contributed by atoms with Gasteiger partial charge in [-0.1, -0.05) is 18.2 Å². The van der Waals surface area contributed by atoms with Gasteiger partial charge in [-0.25, -0.2) is 13.6 Å². The quantitative estimate of drug-likeness (QED) is 0.483. The van der Waals surface area contributed by atoms with Gasteiger partial charge in [0.15, 0.2) is 23.1 Å². The van der Waals surface area contributed by atoms with Crippen LogP contribution in [0.25, 0.3) is 11.1 Å². The van der Waals surface area contributed by atoms with Crippen LogP contribution in [-0.4, -0.2) is 27.2 Å². The molecule has 0 saturated heterocycles. The third kappa shape index (κ3) is 3.27. The highest BCUT2D eigenvalue weighted by molar-refractivity contribution is 7.15. The lowest BCUT2D eigenvalue weighted by atomic mass is 10.0. The number of para-hydroxylation sites is 1. The Labute approximate surface area is 161 Å². The zero-order valence-corrected chi connectivity index (χ0v) is 15.1. The van der Waals surface area contributed by atoms with Crippen LogP contribution in [0.4, 0.5) is 13.8 Å². The SMILES string of the molecule is Cc1ccc(-c2csc(NC(=O)c3cccc(O)c3O)c2C(=O)O)c(F)c1F. The highest BCUT2D eigenvalue weighted by atomic mass is 32.1. The third-order valence-corrected chi connectivity index (χ3v) is 4.95. The van der Waals surface area contributed by atoms with Gasteiger partial charge in [-0.3, -0.25) is 4.79 Å². The highest BCUT2D eigenvalue weighted by Crippen LogP contribution is 2.38. The van der Waals surface area contributed by atoms with Gasteiger partial charge in [0.25, 0.3) is 5.91 Å². The number of hydrogen-bond donors (Lipinski definition) is 4. The smallest absolute Gasteiger partial charge is 0.339 e. The summed E-state index contributed by atoms with van der Waals surface area (Å²) in [5.41, 5.74) is -0.970. The molecule has 0 unspecified atom stereocenters. The van der Waals surface area contributed by atoms with E-state index >= 15 is 0 Å². The molecule has 4 N–H and O–H groups in total. The number of carbonyl (C=O) groups is 2. The molecule has 28 heavy (non-hydrogen) atoms. The highest BCUT2D eigenvalue weighted by Gasteiger charge is 2.25. The van der Waals surface area contributed by atoms with Crippen molar-refractivity contribution in [3.8, 4) is 22.6 Å².